The van der Waals surface area contributed by atoms with Gasteiger partial charge < -0.3 is 19.6 Å². The Morgan fingerprint density at radius 3 is 2.38 bits per heavy atom. The van der Waals surface area contributed by atoms with E-state index in [0.29, 0.717) is 37.6 Å². The lowest BCUT2D eigenvalue weighted by atomic mass is 9.92. The number of benzene rings is 1. The second-order valence-corrected chi connectivity index (χ2v) is 8.02. The zero-order valence-corrected chi connectivity index (χ0v) is 17.5. The molecule has 1 aromatic carbocycles. The first-order valence-electron chi connectivity index (χ1n) is 9.73. The number of allylic oxidation sites excluding steroid dienone is 1. The van der Waals surface area contributed by atoms with E-state index in [4.69, 9.17) is 4.52 Å². The van der Waals surface area contributed by atoms with E-state index in [0.717, 1.165) is 16.7 Å². The van der Waals surface area contributed by atoms with Crippen LogP contribution in [0.3, 0.4) is 0 Å². The molecule has 1 aliphatic rings. The summed E-state index contributed by atoms with van der Waals surface area (Å²) in [7, 11) is 0. The normalized spacial score (nSPS) is 14.6. The molecule has 3 amide bonds. The SMILES string of the molecule is C=C(C)c1cccc(C(C)(C)NC(=O)N2CCN(C(=O)c3cc(C)on3)CC2)c1. The van der Waals surface area contributed by atoms with Crippen molar-refractivity contribution in [1.29, 1.82) is 0 Å². The number of hydrogen-bond donors (Lipinski definition) is 1. The highest BCUT2D eigenvalue weighted by molar-refractivity contribution is 5.92. The van der Waals surface area contributed by atoms with Gasteiger partial charge in [-0.15, -0.1) is 0 Å². The van der Waals surface area contributed by atoms with Crippen molar-refractivity contribution >= 4 is 17.5 Å². The molecule has 3 rings (SSSR count). The van der Waals surface area contributed by atoms with Gasteiger partial charge in [-0.1, -0.05) is 35.5 Å². The van der Waals surface area contributed by atoms with Gasteiger partial charge in [0.25, 0.3) is 5.91 Å². The summed E-state index contributed by atoms with van der Waals surface area (Å²) in [6, 6.07) is 9.53. The van der Waals surface area contributed by atoms with Crippen LogP contribution < -0.4 is 5.32 Å². The minimum absolute atomic E-state index is 0.139. The third kappa shape index (κ3) is 4.67. The number of nitrogens with one attached hydrogen (secondary N) is 1. The van der Waals surface area contributed by atoms with Gasteiger partial charge in [0.15, 0.2) is 5.69 Å². The van der Waals surface area contributed by atoms with Crippen LogP contribution in [0.25, 0.3) is 5.57 Å². The maximum atomic E-state index is 12.8. The minimum atomic E-state index is -0.534. The third-order valence-electron chi connectivity index (χ3n) is 5.20. The highest BCUT2D eigenvalue weighted by Crippen LogP contribution is 2.24. The third-order valence-corrected chi connectivity index (χ3v) is 5.20. The molecule has 2 heterocycles. The molecule has 0 radical (unpaired) electrons. The van der Waals surface area contributed by atoms with Gasteiger partial charge in [-0.2, -0.15) is 0 Å². The topological polar surface area (TPSA) is 78.7 Å². The fourth-order valence-electron chi connectivity index (χ4n) is 3.33. The summed E-state index contributed by atoms with van der Waals surface area (Å²) in [6.07, 6.45) is 0. The van der Waals surface area contributed by atoms with Crippen molar-refractivity contribution in [3.8, 4) is 0 Å². The number of carbonyl (C=O) groups excluding carboxylic acids is 2. The smallest absolute Gasteiger partial charge is 0.318 e. The van der Waals surface area contributed by atoms with Gasteiger partial charge >= 0.3 is 6.03 Å². The van der Waals surface area contributed by atoms with Gasteiger partial charge in [0, 0.05) is 32.2 Å². The first-order chi connectivity index (χ1) is 13.7. The first kappa shape index (κ1) is 20.6. The van der Waals surface area contributed by atoms with E-state index in [1.807, 2.05) is 39.0 Å². The summed E-state index contributed by atoms with van der Waals surface area (Å²) in [5.41, 5.74) is 2.82. The summed E-state index contributed by atoms with van der Waals surface area (Å²) in [4.78, 5) is 28.7. The molecule has 7 heteroatoms. The van der Waals surface area contributed by atoms with E-state index in [1.165, 1.54) is 0 Å². The van der Waals surface area contributed by atoms with Gasteiger partial charge in [-0.25, -0.2) is 4.79 Å². The molecule has 1 N–H and O–H groups in total. The number of carbonyl (C=O) groups is 2. The van der Waals surface area contributed by atoms with Crippen LogP contribution in [-0.2, 0) is 5.54 Å². The maximum absolute atomic E-state index is 12.8. The molecule has 29 heavy (non-hydrogen) atoms. The molecule has 1 aromatic heterocycles. The maximum Gasteiger partial charge on any atom is 0.318 e. The molecule has 154 valence electrons. The molecule has 0 spiro atoms. The van der Waals surface area contributed by atoms with Crippen molar-refractivity contribution in [2.24, 2.45) is 0 Å². The van der Waals surface area contributed by atoms with E-state index >= 15 is 0 Å². The van der Waals surface area contributed by atoms with Gasteiger partial charge in [0.2, 0.25) is 0 Å². The first-order valence-corrected chi connectivity index (χ1v) is 9.73. The van der Waals surface area contributed by atoms with Crippen molar-refractivity contribution in [2.75, 3.05) is 26.2 Å². The highest BCUT2D eigenvalue weighted by atomic mass is 16.5. The summed E-state index contributed by atoms with van der Waals surface area (Å²) in [5.74, 6) is 0.433. The van der Waals surface area contributed by atoms with Gasteiger partial charge in [-0.05, 0) is 44.9 Å². The van der Waals surface area contributed by atoms with Crippen molar-refractivity contribution in [2.45, 2.75) is 33.2 Å². The van der Waals surface area contributed by atoms with Crippen LogP contribution in [0.5, 0.6) is 0 Å². The van der Waals surface area contributed by atoms with Crippen LogP contribution in [0.15, 0.2) is 41.4 Å². The number of aryl methyl sites for hydroxylation is 1. The molecule has 1 fully saturated rings. The van der Waals surface area contributed by atoms with Crippen molar-refractivity contribution in [3.05, 3.63) is 59.5 Å². The zero-order chi connectivity index (χ0) is 21.2. The lowest BCUT2D eigenvalue weighted by molar-refractivity contribution is 0.0650. The predicted molar refractivity (Wildman–Crippen MR) is 111 cm³/mol. The summed E-state index contributed by atoms with van der Waals surface area (Å²) >= 11 is 0. The van der Waals surface area contributed by atoms with E-state index in [9.17, 15) is 9.59 Å². The zero-order valence-electron chi connectivity index (χ0n) is 17.5. The molecule has 1 saturated heterocycles. The molecule has 0 atom stereocenters. The number of rotatable bonds is 4. The van der Waals surface area contributed by atoms with Crippen LogP contribution in [0.1, 0.15) is 48.1 Å². The van der Waals surface area contributed by atoms with Gasteiger partial charge in [-0.3, -0.25) is 4.79 Å². The fraction of sp³-hybridized carbons (Fsp3) is 0.409. The minimum Gasteiger partial charge on any atom is -0.361 e. The van der Waals surface area contributed by atoms with E-state index in [2.05, 4.69) is 23.1 Å². The summed E-state index contributed by atoms with van der Waals surface area (Å²) < 4.78 is 4.98. The number of amides is 3. The largest absolute Gasteiger partial charge is 0.361 e. The monoisotopic (exact) mass is 396 g/mol. The molecule has 0 saturated carbocycles. The van der Waals surface area contributed by atoms with Crippen molar-refractivity contribution in [1.82, 2.24) is 20.3 Å². The average Bonchev–Trinajstić information content (AvgIpc) is 3.13. The Balaban J connectivity index is 1.60. The second kappa shape index (κ2) is 8.11. The van der Waals surface area contributed by atoms with E-state index in [1.54, 1.807) is 22.8 Å². The van der Waals surface area contributed by atoms with E-state index < -0.39 is 5.54 Å². The van der Waals surface area contributed by atoms with Crippen molar-refractivity contribution < 1.29 is 14.1 Å². The number of piperazine rings is 1. The molecule has 0 aliphatic carbocycles. The molecular formula is C22H28N4O3. The van der Waals surface area contributed by atoms with E-state index in [-0.39, 0.29) is 11.9 Å². The van der Waals surface area contributed by atoms with Crippen molar-refractivity contribution in [3.63, 3.8) is 0 Å². The Kier molecular flexibility index (Phi) is 5.77. The standard InChI is InChI=1S/C22H28N4O3/c1-15(2)17-7-6-8-18(14-17)22(4,5)23-21(28)26-11-9-25(10-12-26)20(27)19-13-16(3)29-24-19/h6-8,13-14H,1,9-12H2,2-5H3,(H,23,28). The predicted octanol–water partition coefficient (Wildman–Crippen LogP) is 3.42. The number of nitrogens with zero attached hydrogens (tertiary/aromatic N) is 3. The lowest BCUT2D eigenvalue weighted by Crippen LogP contribution is -2.55. The van der Waals surface area contributed by atoms with Crippen LogP contribution in [0.2, 0.25) is 0 Å². The Morgan fingerprint density at radius 2 is 1.79 bits per heavy atom. The van der Waals surface area contributed by atoms with Gasteiger partial charge in [0.05, 0.1) is 5.54 Å². The molecule has 2 aromatic rings. The Morgan fingerprint density at radius 1 is 1.14 bits per heavy atom. The quantitative estimate of drug-likeness (QED) is 0.859. The number of urea groups is 1. The molecule has 0 unspecified atom stereocenters. The Bertz CT molecular complexity index is 924. The molecule has 0 bridgehead atoms. The number of aromatic nitrogens is 1. The Hall–Kier alpha value is -3.09. The van der Waals surface area contributed by atoms with Crippen LogP contribution in [-0.4, -0.2) is 53.1 Å². The fourth-order valence-corrected chi connectivity index (χ4v) is 3.33. The van der Waals surface area contributed by atoms with Crippen LogP contribution in [0.4, 0.5) is 4.79 Å². The molecule has 1 aliphatic heterocycles. The summed E-state index contributed by atoms with van der Waals surface area (Å²) in [5, 5.41) is 6.90. The van der Waals surface area contributed by atoms with Crippen LogP contribution >= 0.6 is 0 Å². The Labute approximate surface area is 171 Å². The molecular weight excluding hydrogens is 368 g/mol. The number of hydrogen-bond acceptors (Lipinski definition) is 4. The highest BCUT2D eigenvalue weighted by Gasteiger charge is 2.30. The average molecular weight is 396 g/mol. The lowest BCUT2D eigenvalue weighted by Gasteiger charge is -2.37. The molecule has 7 nitrogen and oxygen atoms in total. The summed E-state index contributed by atoms with van der Waals surface area (Å²) in [6.45, 7) is 13.5. The second-order valence-electron chi connectivity index (χ2n) is 8.02. The van der Waals surface area contributed by atoms with Gasteiger partial charge in [0.1, 0.15) is 5.76 Å². The van der Waals surface area contributed by atoms with Crippen LogP contribution in [0, 0.1) is 6.92 Å².